The van der Waals surface area contributed by atoms with Crippen LogP contribution < -0.4 is 5.32 Å². The molecule has 2 rings (SSSR count). The first kappa shape index (κ1) is 13.1. The zero-order valence-corrected chi connectivity index (χ0v) is 10.6. The monoisotopic (exact) mass is 262 g/mol. The van der Waals surface area contributed by atoms with Crippen molar-refractivity contribution in [3.8, 4) is 0 Å². The highest BCUT2D eigenvalue weighted by atomic mass is 16.4. The summed E-state index contributed by atoms with van der Waals surface area (Å²) < 4.78 is 0. The van der Waals surface area contributed by atoms with Crippen molar-refractivity contribution in [1.29, 1.82) is 0 Å². The Hall–Kier alpha value is -2.37. The van der Waals surface area contributed by atoms with Crippen LogP contribution in [0.5, 0.6) is 0 Å². The lowest BCUT2D eigenvalue weighted by Gasteiger charge is -2.21. The van der Waals surface area contributed by atoms with Crippen LogP contribution in [0.25, 0.3) is 0 Å². The third-order valence-corrected chi connectivity index (χ3v) is 3.24. The molecule has 19 heavy (non-hydrogen) atoms. The second-order valence-electron chi connectivity index (χ2n) is 4.53. The SMILES string of the molecule is CC(C(=O)O)N(C)C(=O)c1ccc2c(c1)CC(=O)N2. The molecule has 100 valence electrons. The van der Waals surface area contributed by atoms with E-state index in [0.717, 1.165) is 10.5 Å². The minimum Gasteiger partial charge on any atom is -0.480 e. The molecule has 0 aliphatic carbocycles. The van der Waals surface area contributed by atoms with Gasteiger partial charge in [0.1, 0.15) is 6.04 Å². The van der Waals surface area contributed by atoms with E-state index in [4.69, 9.17) is 5.11 Å². The number of fused-ring (bicyclic) bond motifs is 1. The Balaban J connectivity index is 2.24. The maximum atomic E-state index is 12.1. The van der Waals surface area contributed by atoms with Gasteiger partial charge in [0.05, 0.1) is 6.42 Å². The predicted molar refractivity (Wildman–Crippen MR) is 68.0 cm³/mol. The van der Waals surface area contributed by atoms with E-state index in [9.17, 15) is 14.4 Å². The van der Waals surface area contributed by atoms with E-state index in [1.807, 2.05) is 0 Å². The molecule has 0 bridgehead atoms. The van der Waals surface area contributed by atoms with Crippen LogP contribution in [-0.2, 0) is 16.0 Å². The minimum absolute atomic E-state index is 0.105. The van der Waals surface area contributed by atoms with Crippen molar-refractivity contribution in [2.45, 2.75) is 19.4 Å². The molecule has 1 aliphatic rings. The number of aliphatic carboxylic acids is 1. The fourth-order valence-electron chi connectivity index (χ4n) is 1.91. The number of carbonyl (C=O) groups excluding carboxylic acids is 2. The molecule has 0 fully saturated rings. The van der Waals surface area contributed by atoms with Crippen LogP contribution in [0.1, 0.15) is 22.8 Å². The summed E-state index contributed by atoms with van der Waals surface area (Å²) in [5.74, 6) is -1.54. The lowest BCUT2D eigenvalue weighted by atomic mass is 10.1. The predicted octanol–water partition coefficient (Wildman–Crippen LogP) is 0.726. The molecule has 1 atom stereocenters. The standard InChI is InChI=1S/C13H14N2O4/c1-7(13(18)19)15(2)12(17)8-3-4-10-9(5-8)6-11(16)14-10/h3-5,7H,6H2,1-2H3,(H,14,16)(H,18,19). The maximum absolute atomic E-state index is 12.1. The van der Waals surface area contributed by atoms with Crippen molar-refractivity contribution in [3.05, 3.63) is 29.3 Å². The van der Waals surface area contributed by atoms with E-state index in [-0.39, 0.29) is 18.2 Å². The molecule has 1 unspecified atom stereocenters. The fourth-order valence-corrected chi connectivity index (χ4v) is 1.91. The van der Waals surface area contributed by atoms with Crippen LogP contribution in [0, 0.1) is 0 Å². The molecule has 1 aromatic rings. The Morgan fingerprint density at radius 1 is 1.42 bits per heavy atom. The maximum Gasteiger partial charge on any atom is 0.326 e. The topological polar surface area (TPSA) is 86.7 Å². The van der Waals surface area contributed by atoms with E-state index in [2.05, 4.69) is 5.32 Å². The number of hydrogen-bond donors (Lipinski definition) is 2. The molecule has 1 heterocycles. The van der Waals surface area contributed by atoms with Gasteiger partial charge in [0.25, 0.3) is 5.91 Å². The van der Waals surface area contributed by atoms with Gasteiger partial charge >= 0.3 is 5.97 Å². The Labute approximate surface area is 110 Å². The summed E-state index contributed by atoms with van der Waals surface area (Å²) in [4.78, 5) is 35.4. The van der Waals surface area contributed by atoms with E-state index in [0.29, 0.717) is 11.3 Å². The third kappa shape index (κ3) is 2.42. The summed E-state index contributed by atoms with van der Waals surface area (Å²) in [6.07, 6.45) is 0.245. The molecular weight excluding hydrogens is 248 g/mol. The van der Waals surface area contributed by atoms with Gasteiger partial charge in [-0.15, -0.1) is 0 Å². The Kier molecular flexibility index (Phi) is 3.25. The summed E-state index contributed by atoms with van der Waals surface area (Å²) in [6, 6.07) is 3.96. The third-order valence-electron chi connectivity index (χ3n) is 3.24. The molecule has 1 aliphatic heterocycles. The number of nitrogens with zero attached hydrogens (tertiary/aromatic N) is 1. The summed E-state index contributed by atoms with van der Waals surface area (Å²) >= 11 is 0. The molecule has 0 aromatic heterocycles. The van der Waals surface area contributed by atoms with Gasteiger partial charge < -0.3 is 15.3 Å². The Morgan fingerprint density at radius 3 is 2.74 bits per heavy atom. The molecule has 0 saturated heterocycles. The quantitative estimate of drug-likeness (QED) is 0.840. The fraction of sp³-hybridized carbons (Fsp3) is 0.308. The van der Waals surface area contributed by atoms with Crippen molar-refractivity contribution in [1.82, 2.24) is 4.90 Å². The average molecular weight is 262 g/mol. The van der Waals surface area contributed by atoms with Crippen LogP contribution >= 0.6 is 0 Å². The lowest BCUT2D eigenvalue weighted by molar-refractivity contribution is -0.141. The molecule has 2 amide bonds. The second kappa shape index (κ2) is 4.72. The van der Waals surface area contributed by atoms with Gasteiger partial charge in [0.2, 0.25) is 5.91 Å². The van der Waals surface area contributed by atoms with Crippen molar-refractivity contribution in [2.75, 3.05) is 12.4 Å². The molecule has 6 heteroatoms. The van der Waals surface area contributed by atoms with Crippen molar-refractivity contribution in [2.24, 2.45) is 0 Å². The molecular formula is C13H14N2O4. The lowest BCUT2D eigenvalue weighted by Crippen LogP contribution is -2.40. The van der Waals surface area contributed by atoms with Crippen LogP contribution in [0.15, 0.2) is 18.2 Å². The van der Waals surface area contributed by atoms with Crippen LogP contribution in [0.2, 0.25) is 0 Å². The Bertz CT molecular complexity index is 568. The zero-order chi connectivity index (χ0) is 14.2. The first-order valence-corrected chi connectivity index (χ1v) is 5.83. The zero-order valence-electron chi connectivity index (χ0n) is 10.6. The first-order chi connectivity index (χ1) is 8.90. The molecule has 0 spiro atoms. The van der Waals surface area contributed by atoms with Crippen LogP contribution in [0.3, 0.4) is 0 Å². The number of carboxylic acid groups (broad SMARTS) is 1. The number of amides is 2. The summed E-state index contributed by atoms with van der Waals surface area (Å²) in [5, 5.41) is 11.6. The summed E-state index contributed by atoms with van der Waals surface area (Å²) in [5.41, 5.74) is 1.84. The minimum atomic E-state index is -1.06. The molecule has 0 radical (unpaired) electrons. The van der Waals surface area contributed by atoms with Crippen molar-refractivity contribution in [3.63, 3.8) is 0 Å². The molecule has 1 aromatic carbocycles. The van der Waals surface area contributed by atoms with Gasteiger partial charge in [-0.25, -0.2) is 4.79 Å². The van der Waals surface area contributed by atoms with E-state index < -0.39 is 12.0 Å². The highest BCUT2D eigenvalue weighted by molar-refractivity contribution is 6.02. The number of carbonyl (C=O) groups is 3. The highest BCUT2D eigenvalue weighted by Gasteiger charge is 2.24. The van der Waals surface area contributed by atoms with E-state index in [1.54, 1.807) is 18.2 Å². The van der Waals surface area contributed by atoms with Gasteiger partial charge in [-0.2, -0.15) is 0 Å². The highest BCUT2D eigenvalue weighted by Crippen LogP contribution is 2.24. The van der Waals surface area contributed by atoms with E-state index in [1.165, 1.54) is 14.0 Å². The normalized spacial score (nSPS) is 14.5. The summed E-state index contributed by atoms with van der Waals surface area (Å²) in [6.45, 7) is 1.44. The molecule has 2 N–H and O–H groups in total. The van der Waals surface area contributed by atoms with Gasteiger partial charge in [-0.1, -0.05) is 0 Å². The van der Waals surface area contributed by atoms with Crippen LogP contribution in [-0.4, -0.2) is 40.9 Å². The van der Waals surface area contributed by atoms with Crippen LogP contribution in [0.4, 0.5) is 5.69 Å². The number of benzene rings is 1. The average Bonchev–Trinajstić information content (AvgIpc) is 2.74. The van der Waals surface area contributed by atoms with Gasteiger partial charge in [0.15, 0.2) is 0 Å². The number of hydrogen-bond acceptors (Lipinski definition) is 3. The Morgan fingerprint density at radius 2 is 2.11 bits per heavy atom. The van der Waals surface area contributed by atoms with Gasteiger partial charge in [-0.05, 0) is 30.7 Å². The van der Waals surface area contributed by atoms with Crippen molar-refractivity contribution < 1.29 is 19.5 Å². The summed E-state index contributed by atoms with van der Waals surface area (Å²) in [7, 11) is 1.44. The van der Waals surface area contributed by atoms with Crippen molar-refractivity contribution >= 4 is 23.5 Å². The van der Waals surface area contributed by atoms with E-state index >= 15 is 0 Å². The van der Waals surface area contributed by atoms with Gasteiger partial charge in [-0.3, -0.25) is 9.59 Å². The largest absolute Gasteiger partial charge is 0.480 e. The second-order valence-corrected chi connectivity index (χ2v) is 4.53. The first-order valence-electron chi connectivity index (χ1n) is 5.83. The number of rotatable bonds is 3. The molecule has 6 nitrogen and oxygen atoms in total. The number of anilines is 1. The molecule has 0 saturated carbocycles. The number of likely N-dealkylation sites (N-methyl/N-ethyl adjacent to an activating group) is 1. The number of nitrogens with one attached hydrogen (secondary N) is 1. The smallest absolute Gasteiger partial charge is 0.326 e. The number of carboxylic acids is 1. The van der Waals surface area contributed by atoms with Gasteiger partial charge in [0, 0.05) is 18.3 Å².